The highest BCUT2D eigenvalue weighted by molar-refractivity contribution is 8.16. The van der Waals surface area contributed by atoms with Gasteiger partial charge in [0.2, 0.25) is 0 Å². The molecule has 0 unspecified atom stereocenters. The van der Waals surface area contributed by atoms with Crippen LogP contribution in [0.3, 0.4) is 0 Å². The molecule has 0 saturated heterocycles. The number of benzene rings is 3. The Morgan fingerprint density at radius 2 is 1.31 bits per heavy atom. The van der Waals surface area contributed by atoms with Crippen LogP contribution in [0.1, 0.15) is 21.5 Å². The first-order chi connectivity index (χ1) is 17.3. The Morgan fingerprint density at radius 3 is 1.78 bits per heavy atom. The molecule has 10 heteroatoms. The number of rotatable bonds is 13. The SMILES string of the molecule is O=C(OC[C@@H](O)[C@@H](O)[C@H](O)C(SCc1ccccc1)SCc1ccccc1)c1ccc([N+](=O)[O-])cc1. The van der Waals surface area contributed by atoms with Crippen molar-refractivity contribution in [3.8, 4) is 0 Å². The van der Waals surface area contributed by atoms with Gasteiger partial charge in [-0.2, -0.15) is 0 Å². The van der Waals surface area contributed by atoms with Crippen molar-refractivity contribution in [3.05, 3.63) is 112 Å². The number of esters is 1. The summed E-state index contributed by atoms with van der Waals surface area (Å²) in [6, 6.07) is 24.3. The zero-order chi connectivity index (χ0) is 25.9. The largest absolute Gasteiger partial charge is 0.459 e. The molecular formula is C26H27NO7S2. The second-order valence-electron chi connectivity index (χ2n) is 7.91. The van der Waals surface area contributed by atoms with Gasteiger partial charge < -0.3 is 20.1 Å². The highest BCUT2D eigenvalue weighted by atomic mass is 32.2. The molecule has 0 amide bonds. The van der Waals surface area contributed by atoms with Crippen LogP contribution in [0.5, 0.6) is 0 Å². The normalized spacial score (nSPS) is 13.7. The van der Waals surface area contributed by atoms with E-state index in [-0.39, 0.29) is 11.3 Å². The highest BCUT2D eigenvalue weighted by Gasteiger charge is 2.33. The molecule has 0 aliphatic carbocycles. The van der Waals surface area contributed by atoms with E-state index in [4.69, 9.17) is 4.74 Å². The average Bonchev–Trinajstić information content (AvgIpc) is 2.92. The third kappa shape index (κ3) is 8.35. The zero-order valence-corrected chi connectivity index (χ0v) is 20.9. The predicted octanol–water partition coefficient (Wildman–Crippen LogP) is 4.03. The van der Waals surface area contributed by atoms with Crippen molar-refractivity contribution in [2.45, 2.75) is 34.4 Å². The molecule has 0 heterocycles. The number of aliphatic hydroxyl groups excluding tert-OH is 3. The van der Waals surface area contributed by atoms with Crippen LogP contribution in [0.4, 0.5) is 5.69 Å². The van der Waals surface area contributed by atoms with Crippen molar-refractivity contribution in [3.63, 3.8) is 0 Å². The van der Waals surface area contributed by atoms with Gasteiger partial charge in [-0.3, -0.25) is 10.1 Å². The molecule has 0 aliphatic rings. The smallest absolute Gasteiger partial charge is 0.338 e. The fraction of sp³-hybridized carbons (Fsp3) is 0.269. The predicted molar refractivity (Wildman–Crippen MR) is 141 cm³/mol. The maximum Gasteiger partial charge on any atom is 0.338 e. The first-order valence-electron chi connectivity index (χ1n) is 11.1. The van der Waals surface area contributed by atoms with E-state index in [2.05, 4.69) is 0 Å². The van der Waals surface area contributed by atoms with Crippen molar-refractivity contribution in [2.24, 2.45) is 0 Å². The molecular weight excluding hydrogens is 502 g/mol. The lowest BCUT2D eigenvalue weighted by Gasteiger charge is -2.29. The van der Waals surface area contributed by atoms with E-state index >= 15 is 0 Å². The Morgan fingerprint density at radius 1 is 0.806 bits per heavy atom. The van der Waals surface area contributed by atoms with E-state index < -0.39 is 40.4 Å². The average molecular weight is 530 g/mol. The van der Waals surface area contributed by atoms with Gasteiger partial charge in [-0.05, 0) is 23.3 Å². The summed E-state index contributed by atoms with van der Waals surface area (Å²) >= 11 is 2.90. The molecule has 0 spiro atoms. The number of non-ortho nitro benzene ring substituents is 1. The lowest BCUT2D eigenvalue weighted by molar-refractivity contribution is -0.384. The molecule has 190 valence electrons. The van der Waals surface area contributed by atoms with Crippen LogP contribution in [-0.4, -0.2) is 55.7 Å². The van der Waals surface area contributed by atoms with Gasteiger partial charge in [0, 0.05) is 23.6 Å². The molecule has 0 saturated carbocycles. The van der Waals surface area contributed by atoms with E-state index in [1.807, 2.05) is 60.7 Å². The minimum atomic E-state index is -1.56. The van der Waals surface area contributed by atoms with Gasteiger partial charge in [-0.1, -0.05) is 60.7 Å². The van der Waals surface area contributed by atoms with E-state index in [0.717, 1.165) is 11.1 Å². The van der Waals surface area contributed by atoms with Crippen LogP contribution in [0.25, 0.3) is 0 Å². The molecule has 0 fully saturated rings. The number of ether oxygens (including phenoxy) is 1. The molecule has 3 aromatic rings. The van der Waals surface area contributed by atoms with Gasteiger partial charge in [-0.15, -0.1) is 23.5 Å². The molecule has 3 atom stereocenters. The zero-order valence-electron chi connectivity index (χ0n) is 19.3. The van der Waals surface area contributed by atoms with Crippen LogP contribution in [-0.2, 0) is 16.2 Å². The third-order valence-corrected chi connectivity index (χ3v) is 8.27. The number of hydrogen-bond acceptors (Lipinski definition) is 9. The minimum absolute atomic E-state index is 0.0672. The lowest BCUT2D eigenvalue weighted by Crippen LogP contribution is -2.44. The van der Waals surface area contributed by atoms with Crippen LogP contribution in [0.15, 0.2) is 84.9 Å². The number of carbonyl (C=O) groups excluding carboxylic acids is 1. The van der Waals surface area contributed by atoms with Crippen LogP contribution < -0.4 is 0 Å². The molecule has 0 aromatic heterocycles. The van der Waals surface area contributed by atoms with Crippen molar-refractivity contribution in [2.75, 3.05) is 6.61 Å². The summed E-state index contributed by atoms with van der Waals surface area (Å²) in [6.45, 7) is -0.548. The van der Waals surface area contributed by atoms with E-state index in [0.29, 0.717) is 11.5 Å². The summed E-state index contributed by atoms with van der Waals surface area (Å²) in [5.41, 5.74) is 2.02. The molecule has 8 nitrogen and oxygen atoms in total. The van der Waals surface area contributed by atoms with Crippen LogP contribution in [0.2, 0.25) is 0 Å². The quantitative estimate of drug-likeness (QED) is 0.130. The Hall–Kier alpha value is -2.89. The van der Waals surface area contributed by atoms with Gasteiger partial charge in [0.15, 0.2) is 0 Å². The summed E-state index contributed by atoms with van der Waals surface area (Å²) < 4.78 is 4.58. The minimum Gasteiger partial charge on any atom is -0.459 e. The molecule has 0 radical (unpaired) electrons. The number of nitrogens with zero attached hydrogens (tertiary/aromatic N) is 1. The van der Waals surface area contributed by atoms with Crippen molar-refractivity contribution >= 4 is 35.2 Å². The maximum absolute atomic E-state index is 12.2. The number of carbonyl (C=O) groups is 1. The monoisotopic (exact) mass is 529 g/mol. The number of nitro benzene ring substituents is 1. The molecule has 3 aromatic carbocycles. The van der Waals surface area contributed by atoms with E-state index in [9.17, 15) is 30.2 Å². The summed E-state index contributed by atoms with van der Waals surface area (Å²) in [4.78, 5) is 22.4. The third-order valence-electron chi connectivity index (χ3n) is 5.24. The summed E-state index contributed by atoms with van der Waals surface area (Å²) in [6.07, 6.45) is -4.40. The van der Waals surface area contributed by atoms with Crippen molar-refractivity contribution in [1.82, 2.24) is 0 Å². The Kier molecular flexibility index (Phi) is 10.8. The number of hydrogen-bond donors (Lipinski definition) is 3. The molecule has 36 heavy (non-hydrogen) atoms. The lowest BCUT2D eigenvalue weighted by atomic mass is 10.1. The Bertz CT molecular complexity index is 1060. The van der Waals surface area contributed by atoms with Gasteiger partial charge in [0.05, 0.1) is 15.1 Å². The topological polar surface area (TPSA) is 130 Å². The first kappa shape index (κ1) is 27.7. The van der Waals surface area contributed by atoms with Gasteiger partial charge in [-0.25, -0.2) is 4.79 Å². The second-order valence-corrected chi connectivity index (χ2v) is 10.5. The number of nitro groups is 1. The standard InChI is InChI=1S/C26H27NO7S2/c28-22(15-34-25(31)20-11-13-21(14-12-20)27(32)33)23(29)24(30)26(35-16-18-7-3-1-4-8-18)36-17-19-9-5-2-6-10-19/h1-14,22-24,26,28-30H,15-17H2/t22-,23-,24+/m1/s1. The molecule has 3 N–H and O–H groups in total. The second kappa shape index (κ2) is 14.0. The molecule has 3 rings (SSSR count). The Labute approximate surface area is 217 Å². The molecule has 0 bridgehead atoms. The van der Waals surface area contributed by atoms with Gasteiger partial charge >= 0.3 is 5.97 Å². The Balaban J connectivity index is 1.59. The maximum atomic E-state index is 12.2. The van der Waals surface area contributed by atoms with Crippen molar-refractivity contribution < 1.29 is 29.8 Å². The summed E-state index contributed by atoms with van der Waals surface area (Å²) in [7, 11) is 0. The summed E-state index contributed by atoms with van der Waals surface area (Å²) in [5, 5.41) is 42.7. The van der Waals surface area contributed by atoms with E-state index in [1.54, 1.807) is 0 Å². The van der Waals surface area contributed by atoms with Crippen molar-refractivity contribution in [1.29, 1.82) is 0 Å². The van der Waals surface area contributed by atoms with Crippen LogP contribution >= 0.6 is 23.5 Å². The fourth-order valence-corrected chi connectivity index (χ4v) is 5.81. The molecule has 0 aliphatic heterocycles. The van der Waals surface area contributed by atoms with Gasteiger partial charge in [0.1, 0.15) is 24.9 Å². The highest BCUT2D eigenvalue weighted by Crippen LogP contribution is 2.34. The van der Waals surface area contributed by atoms with Gasteiger partial charge in [0.25, 0.3) is 5.69 Å². The van der Waals surface area contributed by atoms with Crippen LogP contribution in [0, 0.1) is 10.1 Å². The first-order valence-corrected chi connectivity index (χ1v) is 13.2. The van der Waals surface area contributed by atoms with E-state index in [1.165, 1.54) is 47.8 Å². The summed E-state index contributed by atoms with van der Waals surface area (Å²) in [5.74, 6) is 0.393. The number of aliphatic hydroxyl groups is 3. The fourth-order valence-electron chi connectivity index (χ4n) is 3.20. The number of thioether (sulfide) groups is 2.